The van der Waals surface area contributed by atoms with Crippen LogP contribution in [0.1, 0.15) is 25.7 Å². The lowest BCUT2D eigenvalue weighted by Gasteiger charge is -2.30. The monoisotopic (exact) mass is 198 g/mol. The van der Waals surface area contributed by atoms with Crippen molar-refractivity contribution >= 4 is 6.03 Å². The Morgan fingerprint density at radius 1 is 1.07 bits per heavy atom. The van der Waals surface area contributed by atoms with Gasteiger partial charge in [-0.2, -0.15) is 0 Å². The largest absolute Gasteiger partial charge is 0.391 e. The molecule has 0 saturated carbocycles. The number of aliphatic hydroxyl groups is 1. The van der Waals surface area contributed by atoms with Crippen LogP contribution in [0.25, 0.3) is 0 Å². The van der Waals surface area contributed by atoms with Crippen LogP contribution >= 0.6 is 0 Å². The normalized spacial score (nSPS) is 28.2. The van der Waals surface area contributed by atoms with Crippen molar-refractivity contribution in [2.75, 3.05) is 26.2 Å². The smallest absolute Gasteiger partial charge is 0.320 e. The number of likely N-dealkylation sites (tertiary alicyclic amines) is 2. The van der Waals surface area contributed by atoms with Crippen molar-refractivity contribution < 1.29 is 9.90 Å². The highest BCUT2D eigenvalue weighted by Crippen LogP contribution is 2.15. The average Bonchev–Trinajstić information content (AvgIpc) is 2.65. The molecule has 0 aromatic rings. The summed E-state index contributed by atoms with van der Waals surface area (Å²) in [6.45, 7) is 3.03. The third-order valence-electron chi connectivity index (χ3n) is 3.06. The SMILES string of the molecule is O=C(N1CCCCC1)N1CC[C@H](O)C1. The van der Waals surface area contributed by atoms with E-state index < -0.39 is 0 Å². The fourth-order valence-corrected chi connectivity index (χ4v) is 2.20. The van der Waals surface area contributed by atoms with Gasteiger partial charge in [-0.15, -0.1) is 0 Å². The molecule has 0 aromatic heterocycles. The lowest BCUT2D eigenvalue weighted by molar-refractivity contribution is 0.139. The van der Waals surface area contributed by atoms with E-state index in [1.807, 2.05) is 4.90 Å². The lowest BCUT2D eigenvalue weighted by Crippen LogP contribution is -2.44. The molecule has 80 valence electrons. The van der Waals surface area contributed by atoms with E-state index in [1.54, 1.807) is 4.90 Å². The van der Waals surface area contributed by atoms with E-state index in [0.717, 1.165) is 38.9 Å². The number of urea groups is 1. The Hall–Kier alpha value is -0.770. The van der Waals surface area contributed by atoms with Gasteiger partial charge in [-0.1, -0.05) is 0 Å². The Morgan fingerprint density at radius 2 is 1.79 bits per heavy atom. The molecule has 2 fully saturated rings. The first kappa shape index (κ1) is 9.77. The number of hydrogen-bond donors (Lipinski definition) is 1. The quantitative estimate of drug-likeness (QED) is 0.621. The molecule has 4 nitrogen and oxygen atoms in total. The first-order chi connectivity index (χ1) is 6.77. The fraction of sp³-hybridized carbons (Fsp3) is 0.900. The Kier molecular flexibility index (Phi) is 2.91. The molecule has 2 heterocycles. The van der Waals surface area contributed by atoms with Crippen LogP contribution in [-0.4, -0.2) is 53.2 Å². The van der Waals surface area contributed by atoms with Crippen LogP contribution in [0.4, 0.5) is 4.79 Å². The average molecular weight is 198 g/mol. The maximum atomic E-state index is 11.9. The summed E-state index contributed by atoms with van der Waals surface area (Å²) in [5.41, 5.74) is 0. The molecular weight excluding hydrogens is 180 g/mol. The van der Waals surface area contributed by atoms with Gasteiger partial charge in [0.2, 0.25) is 0 Å². The minimum Gasteiger partial charge on any atom is -0.391 e. The molecule has 0 bridgehead atoms. The highest BCUT2D eigenvalue weighted by Gasteiger charge is 2.28. The van der Waals surface area contributed by atoms with Gasteiger partial charge in [0.1, 0.15) is 0 Å². The minimum atomic E-state index is -0.302. The van der Waals surface area contributed by atoms with Crippen molar-refractivity contribution in [2.24, 2.45) is 0 Å². The van der Waals surface area contributed by atoms with Crippen LogP contribution in [-0.2, 0) is 0 Å². The molecule has 0 aliphatic carbocycles. The van der Waals surface area contributed by atoms with Crippen LogP contribution in [0.5, 0.6) is 0 Å². The van der Waals surface area contributed by atoms with E-state index in [4.69, 9.17) is 0 Å². The summed E-state index contributed by atoms with van der Waals surface area (Å²) in [7, 11) is 0. The molecule has 2 aliphatic rings. The Morgan fingerprint density at radius 3 is 2.36 bits per heavy atom. The van der Waals surface area contributed by atoms with Crippen molar-refractivity contribution in [3.63, 3.8) is 0 Å². The Balaban J connectivity index is 1.87. The summed E-state index contributed by atoms with van der Waals surface area (Å²) in [6.07, 6.45) is 3.93. The molecule has 2 aliphatic heterocycles. The minimum absolute atomic E-state index is 0.126. The topological polar surface area (TPSA) is 43.8 Å². The number of piperidine rings is 1. The van der Waals surface area contributed by atoms with E-state index in [0.29, 0.717) is 6.54 Å². The highest BCUT2D eigenvalue weighted by atomic mass is 16.3. The summed E-state index contributed by atoms with van der Waals surface area (Å²) >= 11 is 0. The predicted molar refractivity (Wildman–Crippen MR) is 53.0 cm³/mol. The molecule has 1 atom stereocenters. The summed E-state index contributed by atoms with van der Waals surface area (Å²) < 4.78 is 0. The van der Waals surface area contributed by atoms with Gasteiger partial charge >= 0.3 is 6.03 Å². The molecule has 0 spiro atoms. The maximum Gasteiger partial charge on any atom is 0.320 e. The van der Waals surface area contributed by atoms with E-state index in [-0.39, 0.29) is 12.1 Å². The van der Waals surface area contributed by atoms with Crippen molar-refractivity contribution in [1.29, 1.82) is 0 Å². The third-order valence-corrected chi connectivity index (χ3v) is 3.06. The number of rotatable bonds is 0. The maximum absolute atomic E-state index is 11.9. The predicted octanol–water partition coefficient (Wildman–Crippen LogP) is 0.659. The summed E-state index contributed by atoms with van der Waals surface area (Å²) in [5, 5.41) is 9.33. The van der Waals surface area contributed by atoms with Crippen LogP contribution in [0, 0.1) is 0 Å². The summed E-state index contributed by atoms with van der Waals surface area (Å²) in [6, 6.07) is 0.126. The highest BCUT2D eigenvalue weighted by molar-refractivity contribution is 5.74. The van der Waals surface area contributed by atoms with Gasteiger partial charge in [-0.25, -0.2) is 4.79 Å². The number of hydrogen-bond acceptors (Lipinski definition) is 2. The van der Waals surface area contributed by atoms with E-state index in [1.165, 1.54) is 6.42 Å². The summed E-state index contributed by atoms with van der Waals surface area (Å²) in [4.78, 5) is 15.6. The number of β-amino-alcohol motifs (C(OH)–C–C–N with tert-alkyl or cyclic N) is 1. The van der Waals surface area contributed by atoms with Crippen molar-refractivity contribution in [1.82, 2.24) is 9.80 Å². The Bertz CT molecular complexity index is 207. The molecule has 0 unspecified atom stereocenters. The fourth-order valence-electron chi connectivity index (χ4n) is 2.20. The van der Waals surface area contributed by atoms with E-state index in [2.05, 4.69) is 0 Å². The molecule has 0 radical (unpaired) electrons. The second-order valence-corrected chi connectivity index (χ2v) is 4.22. The second kappa shape index (κ2) is 4.17. The number of aliphatic hydroxyl groups excluding tert-OH is 1. The number of amides is 2. The van der Waals surface area contributed by atoms with Gasteiger partial charge in [0, 0.05) is 26.2 Å². The van der Waals surface area contributed by atoms with Crippen LogP contribution in [0.3, 0.4) is 0 Å². The third kappa shape index (κ3) is 2.00. The molecule has 4 heteroatoms. The number of nitrogens with zero attached hydrogens (tertiary/aromatic N) is 2. The molecule has 2 saturated heterocycles. The van der Waals surface area contributed by atoms with Crippen molar-refractivity contribution in [2.45, 2.75) is 31.8 Å². The molecule has 2 amide bonds. The molecule has 14 heavy (non-hydrogen) atoms. The zero-order valence-corrected chi connectivity index (χ0v) is 8.48. The first-order valence-electron chi connectivity index (χ1n) is 5.49. The summed E-state index contributed by atoms with van der Waals surface area (Å²) in [5.74, 6) is 0. The zero-order chi connectivity index (χ0) is 9.97. The van der Waals surface area contributed by atoms with Gasteiger partial charge in [0.15, 0.2) is 0 Å². The van der Waals surface area contributed by atoms with Crippen LogP contribution < -0.4 is 0 Å². The zero-order valence-electron chi connectivity index (χ0n) is 8.48. The van der Waals surface area contributed by atoms with Gasteiger partial charge < -0.3 is 14.9 Å². The van der Waals surface area contributed by atoms with Gasteiger partial charge in [0.25, 0.3) is 0 Å². The number of carbonyl (C=O) groups excluding carboxylic acids is 1. The van der Waals surface area contributed by atoms with Crippen molar-refractivity contribution in [3.8, 4) is 0 Å². The molecular formula is C10H18N2O2. The van der Waals surface area contributed by atoms with E-state index in [9.17, 15) is 9.90 Å². The van der Waals surface area contributed by atoms with E-state index >= 15 is 0 Å². The molecule has 1 N–H and O–H groups in total. The van der Waals surface area contributed by atoms with Crippen LogP contribution in [0.2, 0.25) is 0 Å². The van der Waals surface area contributed by atoms with Crippen molar-refractivity contribution in [3.05, 3.63) is 0 Å². The van der Waals surface area contributed by atoms with Gasteiger partial charge in [0.05, 0.1) is 6.10 Å². The lowest BCUT2D eigenvalue weighted by atomic mass is 10.1. The van der Waals surface area contributed by atoms with Gasteiger partial charge in [-0.3, -0.25) is 0 Å². The standard InChI is InChI=1S/C10H18N2O2/c13-9-4-7-12(8-9)10(14)11-5-2-1-3-6-11/h9,13H,1-8H2/t9-/m0/s1. The number of carbonyl (C=O) groups is 1. The van der Waals surface area contributed by atoms with Crippen LogP contribution in [0.15, 0.2) is 0 Å². The first-order valence-corrected chi connectivity index (χ1v) is 5.49. The second-order valence-electron chi connectivity index (χ2n) is 4.22. The Labute approximate surface area is 84.5 Å². The van der Waals surface area contributed by atoms with Gasteiger partial charge in [-0.05, 0) is 25.7 Å². The molecule has 2 rings (SSSR count). The molecule has 0 aromatic carbocycles.